The Balaban J connectivity index is 3.11. The summed E-state index contributed by atoms with van der Waals surface area (Å²) >= 11 is 0. The third kappa shape index (κ3) is 3.37. The van der Waals surface area contributed by atoms with E-state index in [2.05, 4.69) is 5.32 Å². The van der Waals surface area contributed by atoms with E-state index in [1.807, 2.05) is 0 Å². The zero-order valence-electron chi connectivity index (χ0n) is 8.02. The van der Waals surface area contributed by atoms with E-state index in [4.69, 9.17) is 0 Å². The van der Waals surface area contributed by atoms with E-state index < -0.39 is 21.0 Å². The van der Waals surface area contributed by atoms with Crippen LogP contribution in [0.5, 0.6) is 0 Å². The molecule has 0 aliphatic heterocycles. The predicted octanol–water partition coefficient (Wildman–Crippen LogP) is 4.30. The van der Waals surface area contributed by atoms with Gasteiger partial charge in [0.25, 0.3) is 0 Å². The highest BCUT2D eigenvalue weighted by Gasteiger charge is 2.65. The summed E-state index contributed by atoms with van der Waals surface area (Å²) in [4.78, 5) is 8.57. The number of benzene rings is 1. The van der Waals surface area contributed by atoms with Gasteiger partial charge in [0.15, 0.2) is 0 Å². The number of hydrogen-bond donors (Lipinski definition) is 1. The lowest BCUT2D eigenvalue weighted by atomic mass is 10.3. The first-order chi connectivity index (χ1) is 6.88. The summed E-state index contributed by atoms with van der Waals surface area (Å²) in [5.41, 5.74) is 0.0260. The van der Waals surface area contributed by atoms with Gasteiger partial charge in [0.05, 0.1) is 0 Å². The van der Waals surface area contributed by atoms with Gasteiger partial charge in [-0.3, -0.25) is 4.79 Å². The molecule has 0 saturated carbocycles. The third-order valence-electron chi connectivity index (χ3n) is 1.62. The molecule has 0 unspecified atom stereocenters. The quantitative estimate of drug-likeness (QED) is 0.790. The second-order valence-electron chi connectivity index (χ2n) is 3.17. The SMILES string of the molecule is CC(=O)Nc1ccc(S(F)(F)(F)(F)F)cc1. The minimum absolute atomic E-state index is 0.0260. The van der Waals surface area contributed by atoms with Gasteiger partial charge in [-0.2, -0.15) is 0 Å². The van der Waals surface area contributed by atoms with E-state index in [9.17, 15) is 24.2 Å². The van der Waals surface area contributed by atoms with Crippen LogP contribution in [0, 0.1) is 0 Å². The average molecular weight is 261 g/mol. The van der Waals surface area contributed by atoms with Crippen molar-refractivity contribution < 1.29 is 24.2 Å². The largest absolute Gasteiger partial charge is 0.326 e. The molecular weight excluding hydrogens is 253 g/mol. The Hall–Kier alpha value is -1.31. The molecule has 0 saturated heterocycles. The van der Waals surface area contributed by atoms with Crippen molar-refractivity contribution in [3.63, 3.8) is 0 Å². The molecule has 1 amide bonds. The van der Waals surface area contributed by atoms with Gasteiger partial charge in [-0.05, 0) is 24.3 Å². The van der Waals surface area contributed by atoms with Crippen LogP contribution in [-0.4, -0.2) is 5.91 Å². The van der Waals surface area contributed by atoms with Gasteiger partial charge in [-0.15, -0.1) is 0 Å². The highest BCUT2D eigenvalue weighted by Crippen LogP contribution is 3.02. The first kappa shape index (κ1) is 12.8. The van der Waals surface area contributed by atoms with Crippen molar-refractivity contribution in [3.05, 3.63) is 24.3 Å². The van der Waals surface area contributed by atoms with Crippen molar-refractivity contribution in [3.8, 4) is 0 Å². The van der Waals surface area contributed by atoms with E-state index in [0.29, 0.717) is 0 Å². The molecule has 8 heteroatoms. The Labute approximate surface area is 88.2 Å². The molecule has 0 aromatic heterocycles. The van der Waals surface area contributed by atoms with Crippen molar-refractivity contribution in [1.29, 1.82) is 0 Å². The van der Waals surface area contributed by atoms with Crippen molar-refractivity contribution in [2.24, 2.45) is 0 Å². The molecule has 1 N–H and O–H groups in total. The maximum Gasteiger partial charge on any atom is 0.310 e. The van der Waals surface area contributed by atoms with Crippen molar-refractivity contribution in [1.82, 2.24) is 0 Å². The molecule has 0 atom stereocenters. The number of hydrogen-bond acceptors (Lipinski definition) is 1. The van der Waals surface area contributed by atoms with Crippen LogP contribution in [0.1, 0.15) is 6.92 Å². The molecule has 0 heterocycles. The Kier molecular flexibility index (Phi) is 2.29. The first-order valence-electron chi connectivity index (χ1n) is 4.00. The van der Waals surface area contributed by atoms with Gasteiger partial charge in [-0.25, -0.2) is 0 Å². The van der Waals surface area contributed by atoms with Crippen LogP contribution in [-0.2, 0) is 4.79 Å². The summed E-state index contributed by atoms with van der Waals surface area (Å²) in [7, 11) is -9.61. The number of halogens is 5. The first-order valence-corrected chi connectivity index (χ1v) is 5.95. The van der Waals surface area contributed by atoms with Gasteiger partial charge < -0.3 is 5.32 Å². The summed E-state index contributed by atoms with van der Waals surface area (Å²) in [5.74, 6) is -0.500. The standard InChI is InChI=1S/C8H8F5NOS/c1-6(15)14-7-2-4-8(5-3-7)16(9,10,11,12)13/h2-5H,1H3,(H,14,15). The van der Waals surface area contributed by atoms with Gasteiger partial charge in [-0.1, -0.05) is 19.4 Å². The topological polar surface area (TPSA) is 29.1 Å². The van der Waals surface area contributed by atoms with Crippen molar-refractivity contribution in [2.45, 2.75) is 11.8 Å². The molecule has 0 spiro atoms. The fourth-order valence-corrected chi connectivity index (χ4v) is 1.65. The van der Waals surface area contributed by atoms with Crippen LogP contribution >= 0.6 is 10.2 Å². The molecule has 1 aromatic carbocycles. The average Bonchev–Trinajstić information content (AvgIpc) is 1.99. The highest BCUT2D eigenvalue weighted by atomic mass is 32.5. The molecule has 0 bridgehead atoms. The maximum absolute atomic E-state index is 12.3. The second-order valence-corrected chi connectivity index (χ2v) is 5.58. The fourth-order valence-electron chi connectivity index (χ4n) is 0.999. The van der Waals surface area contributed by atoms with Crippen molar-refractivity contribution >= 4 is 21.8 Å². The minimum Gasteiger partial charge on any atom is -0.326 e. The number of carbonyl (C=O) groups is 1. The molecule has 0 radical (unpaired) electrons. The van der Waals surface area contributed by atoms with Gasteiger partial charge in [0.1, 0.15) is 4.90 Å². The molecule has 0 aliphatic rings. The Morgan fingerprint density at radius 1 is 1.06 bits per heavy atom. The summed E-state index contributed by atoms with van der Waals surface area (Å²) < 4.78 is 61.3. The molecule has 1 aromatic rings. The number of amides is 1. The highest BCUT2D eigenvalue weighted by molar-refractivity contribution is 8.45. The summed E-state index contributed by atoms with van der Waals surface area (Å²) in [6.45, 7) is 1.15. The summed E-state index contributed by atoms with van der Waals surface area (Å²) in [5, 5.41) is 2.17. The number of rotatable bonds is 2. The van der Waals surface area contributed by atoms with E-state index in [1.54, 1.807) is 0 Å². The number of anilines is 1. The Morgan fingerprint density at radius 2 is 1.50 bits per heavy atom. The third-order valence-corrected chi connectivity index (χ3v) is 2.78. The van der Waals surface area contributed by atoms with Gasteiger partial charge in [0, 0.05) is 12.6 Å². The molecule has 1 rings (SSSR count). The normalized spacial score (nSPS) is 16.1. The molecule has 92 valence electrons. The summed E-state index contributed by atoms with van der Waals surface area (Å²) in [6.07, 6.45) is 0. The lowest BCUT2D eigenvalue weighted by Gasteiger charge is -2.40. The van der Waals surface area contributed by atoms with E-state index in [-0.39, 0.29) is 17.8 Å². The zero-order valence-corrected chi connectivity index (χ0v) is 8.83. The van der Waals surface area contributed by atoms with Gasteiger partial charge in [0.2, 0.25) is 5.91 Å². The molecule has 2 nitrogen and oxygen atoms in total. The summed E-state index contributed by atoms with van der Waals surface area (Å²) in [6, 6.07) is 2.03. The maximum atomic E-state index is 12.3. The molecule has 16 heavy (non-hydrogen) atoms. The predicted molar refractivity (Wildman–Crippen MR) is 52.1 cm³/mol. The van der Waals surface area contributed by atoms with Crippen LogP contribution in [0.15, 0.2) is 29.2 Å². The van der Waals surface area contributed by atoms with Crippen LogP contribution < -0.4 is 5.32 Å². The number of carbonyl (C=O) groups excluding carboxylic acids is 1. The zero-order chi connectivity index (χ0) is 12.7. The minimum atomic E-state index is -9.61. The second kappa shape index (κ2) is 2.88. The van der Waals surface area contributed by atoms with Crippen LogP contribution in [0.4, 0.5) is 25.1 Å². The molecule has 0 aliphatic carbocycles. The Morgan fingerprint density at radius 3 is 1.81 bits per heavy atom. The fraction of sp³-hybridized carbons (Fsp3) is 0.125. The smallest absolute Gasteiger partial charge is 0.310 e. The molecule has 0 fully saturated rings. The lowest BCUT2D eigenvalue weighted by molar-refractivity contribution is -0.114. The Bertz CT molecular complexity index is 423. The van der Waals surface area contributed by atoms with E-state index in [1.165, 1.54) is 0 Å². The van der Waals surface area contributed by atoms with Gasteiger partial charge >= 0.3 is 10.2 Å². The van der Waals surface area contributed by atoms with E-state index >= 15 is 0 Å². The van der Waals surface area contributed by atoms with Crippen LogP contribution in [0.25, 0.3) is 0 Å². The monoisotopic (exact) mass is 261 g/mol. The lowest BCUT2D eigenvalue weighted by Crippen LogP contribution is -2.08. The van der Waals surface area contributed by atoms with Crippen LogP contribution in [0.3, 0.4) is 0 Å². The van der Waals surface area contributed by atoms with E-state index in [0.717, 1.165) is 19.1 Å². The number of nitrogens with one attached hydrogen (secondary N) is 1. The van der Waals surface area contributed by atoms with Crippen LogP contribution in [0.2, 0.25) is 0 Å². The molecular formula is C8H8F5NOS. The van der Waals surface area contributed by atoms with Crippen molar-refractivity contribution in [2.75, 3.05) is 5.32 Å².